The number of amidine groups is 1. The highest BCUT2D eigenvalue weighted by atomic mass is 35.5. The Balaban J connectivity index is 1.57. The van der Waals surface area contributed by atoms with Crippen LogP contribution >= 0.6 is 23.4 Å². The average Bonchev–Trinajstić information content (AvgIpc) is 3.43. The fraction of sp³-hybridized carbons (Fsp3) is 0.480. The Morgan fingerprint density at radius 3 is 2.71 bits per heavy atom. The second-order valence-electron chi connectivity index (χ2n) is 8.94. The third-order valence-electron chi connectivity index (χ3n) is 6.05. The number of rotatable bonds is 8. The third-order valence-corrected chi connectivity index (χ3v) is 7.29. The smallest absolute Gasteiger partial charge is 0.338 e. The van der Waals surface area contributed by atoms with E-state index in [9.17, 15) is 9.59 Å². The van der Waals surface area contributed by atoms with Gasteiger partial charge in [-0.15, -0.1) is 0 Å². The maximum atomic E-state index is 13.2. The van der Waals surface area contributed by atoms with E-state index in [1.807, 2.05) is 49.3 Å². The van der Waals surface area contributed by atoms with Crippen molar-refractivity contribution in [3.05, 3.63) is 57.2 Å². The van der Waals surface area contributed by atoms with Crippen LogP contribution in [0.15, 0.2) is 51.6 Å². The quantitative estimate of drug-likeness (QED) is 0.529. The van der Waals surface area contributed by atoms with E-state index in [1.54, 1.807) is 6.07 Å². The van der Waals surface area contributed by atoms with Gasteiger partial charge in [0.15, 0.2) is 5.17 Å². The number of carbonyl (C=O) groups is 2. The molecule has 0 spiro atoms. The second kappa shape index (κ2) is 11.0. The van der Waals surface area contributed by atoms with Crippen molar-refractivity contribution in [1.29, 1.82) is 0 Å². The minimum Gasteiger partial charge on any atom is -0.459 e. The number of benzene rings is 1. The lowest BCUT2D eigenvalue weighted by Crippen LogP contribution is -2.39. The van der Waals surface area contributed by atoms with Gasteiger partial charge in [0.2, 0.25) is 5.91 Å². The lowest BCUT2D eigenvalue weighted by molar-refractivity contribution is -0.143. The van der Waals surface area contributed by atoms with Crippen LogP contribution in [0.3, 0.4) is 0 Å². The van der Waals surface area contributed by atoms with Crippen LogP contribution in [-0.2, 0) is 14.3 Å². The van der Waals surface area contributed by atoms with Crippen LogP contribution in [0.1, 0.15) is 51.6 Å². The van der Waals surface area contributed by atoms with Crippen LogP contribution in [0.25, 0.3) is 0 Å². The summed E-state index contributed by atoms with van der Waals surface area (Å²) in [7, 11) is 0. The number of esters is 1. The Kier molecular flexibility index (Phi) is 8.01. The van der Waals surface area contributed by atoms with Gasteiger partial charge in [-0.3, -0.25) is 4.79 Å². The largest absolute Gasteiger partial charge is 0.459 e. The molecule has 3 aliphatic rings. The number of amides is 1. The summed E-state index contributed by atoms with van der Waals surface area (Å²) >= 11 is 8.06. The molecule has 3 heterocycles. The second-order valence-corrected chi connectivity index (χ2v) is 10.2. The van der Waals surface area contributed by atoms with E-state index < -0.39 is 12.0 Å². The molecule has 1 N–H and O–H groups in total. The number of aliphatic imine (C=N–C) groups is 1. The number of allylic oxidation sites excluding steroid dienone is 1. The third kappa shape index (κ3) is 5.50. The molecule has 1 aromatic carbocycles. The lowest BCUT2D eigenvalue weighted by atomic mass is 9.93. The lowest BCUT2D eigenvalue weighted by Gasteiger charge is -2.36. The Morgan fingerprint density at radius 1 is 1.26 bits per heavy atom. The number of ether oxygens (including phenoxy) is 1. The molecule has 182 valence electrons. The maximum Gasteiger partial charge on any atom is 0.338 e. The normalized spacial score (nSPS) is 20.4. The van der Waals surface area contributed by atoms with Gasteiger partial charge in [-0.2, -0.15) is 0 Å². The number of halogens is 1. The first-order valence-corrected chi connectivity index (χ1v) is 13.0. The molecule has 1 amide bonds. The molecule has 1 unspecified atom stereocenters. The van der Waals surface area contributed by atoms with E-state index in [1.165, 1.54) is 24.6 Å². The molecule has 1 atom stereocenters. The summed E-state index contributed by atoms with van der Waals surface area (Å²) in [5, 5.41) is 6.25. The average molecular weight is 503 g/mol. The van der Waals surface area contributed by atoms with E-state index >= 15 is 0 Å². The summed E-state index contributed by atoms with van der Waals surface area (Å²) < 4.78 is 5.57. The molecule has 0 bridgehead atoms. The van der Waals surface area contributed by atoms with Crippen molar-refractivity contribution in [2.24, 2.45) is 4.99 Å². The molecule has 0 aliphatic carbocycles. The molecule has 0 saturated carbocycles. The van der Waals surface area contributed by atoms with Gasteiger partial charge in [0, 0.05) is 23.8 Å². The van der Waals surface area contributed by atoms with Crippen LogP contribution in [-0.4, -0.2) is 59.1 Å². The van der Waals surface area contributed by atoms with Crippen molar-refractivity contribution in [3.8, 4) is 0 Å². The van der Waals surface area contributed by atoms with Crippen molar-refractivity contribution >= 4 is 40.4 Å². The monoisotopic (exact) mass is 502 g/mol. The van der Waals surface area contributed by atoms with Gasteiger partial charge in [-0.05, 0) is 63.7 Å². The molecule has 0 radical (unpaired) electrons. The molecule has 1 fully saturated rings. The predicted octanol–water partition coefficient (Wildman–Crippen LogP) is 4.47. The van der Waals surface area contributed by atoms with Gasteiger partial charge in [-0.1, -0.05) is 41.6 Å². The Bertz CT molecular complexity index is 1050. The number of hydrogen-bond donors (Lipinski definition) is 1. The standard InChI is InChI=1S/C25H31ClN4O3S/c1-16(2)33-24(32)22-17(3)28-25-30(23(22)19-8-4-5-9-20(19)26)18(15-34-25)14-21(31)27-10-13-29-11-6-7-12-29/h4-5,8-9,15-16,23H,6-7,10-14H2,1-3H3,(H,27,31). The van der Waals surface area contributed by atoms with Crippen LogP contribution in [0, 0.1) is 0 Å². The van der Waals surface area contributed by atoms with Crippen molar-refractivity contribution in [1.82, 2.24) is 15.1 Å². The van der Waals surface area contributed by atoms with Gasteiger partial charge in [-0.25, -0.2) is 9.79 Å². The molecule has 1 aromatic rings. The molecule has 4 rings (SSSR count). The summed E-state index contributed by atoms with van der Waals surface area (Å²) in [5.41, 5.74) is 2.59. The molecular formula is C25H31ClN4O3S. The summed E-state index contributed by atoms with van der Waals surface area (Å²) in [6.45, 7) is 9.15. The maximum absolute atomic E-state index is 13.2. The minimum atomic E-state index is -0.522. The van der Waals surface area contributed by atoms with Gasteiger partial charge in [0.05, 0.1) is 29.8 Å². The molecule has 3 aliphatic heterocycles. The van der Waals surface area contributed by atoms with E-state index in [-0.39, 0.29) is 18.4 Å². The molecule has 9 heteroatoms. The number of hydrogen-bond acceptors (Lipinski definition) is 7. The molecular weight excluding hydrogens is 472 g/mol. The molecule has 0 aromatic heterocycles. The first-order valence-electron chi connectivity index (χ1n) is 11.7. The highest BCUT2D eigenvalue weighted by molar-refractivity contribution is 8.16. The topological polar surface area (TPSA) is 74.2 Å². The summed E-state index contributed by atoms with van der Waals surface area (Å²) in [4.78, 5) is 35.0. The van der Waals surface area contributed by atoms with Crippen LogP contribution in [0.2, 0.25) is 5.02 Å². The molecule has 7 nitrogen and oxygen atoms in total. The Morgan fingerprint density at radius 2 is 2.00 bits per heavy atom. The highest BCUT2D eigenvalue weighted by Gasteiger charge is 2.42. The van der Waals surface area contributed by atoms with Crippen molar-refractivity contribution in [3.63, 3.8) is 0 Å². The van der Waals surface area contributed by atoms with Crippen LogP contribution < -0.4 is 5.32 Å². The van der Waals surface area contributed by atoms with Crippen molar-refractivity contribution in [2.45, 2.75) is 52.2 Å². The van der Waals surface area contributed by atoms with E-state index in [0.29, 0.717) is 22.8 Å². The fourth-order valence-electron chi connectivity index (χ4n) is 4.49. The number of nitrogens with one attached hydrogen (secondary N) is 1. The van der Waals surface area contributed by atoms with Crippen molar-refractivity contribution in [2.75, 3.05) is 26.2 Å². The zero-order valence-electron chi connectivity index (χ0n) is 19.8. The zero-order valence-corrected chi connectivity index (χ0v) is 21.4. The zero-order chi connectivity index (χ0) is 24.2. The van der Waals surface area contributed by atoms with E-state index in [2.05, 4.69) is 15.2 Å². The van der Waals surface area contributed by atoms with Gasteiger partial charge in [0.1, 0.15) is 0 Å². The van der Waals surface area contributed by atoms with E-state index in [4.69, 9.17) is 16.3 Å². The SMILES string of the molecule is CC1=C(C(=O)OC(C)C)C(c2ccccc2Cl)N2C(CC(=O)NCCN3CCCC3)=CSC2=N1. The first-order chi connectivity index (χ1) is 16.3. The Hall–Kier alpha value is -2.29. The summed E-state index contributed by atoms with van der Waals surface area (Å²) in [5.74, 6) is -0.477. The molecule has 34 heavy (non-hydrogen) atoms. The summed E-state index contributed by atoms with van der Waals surface area (Å²) in [6.07, 6.45) is 2.38. The molecule has 1 saturated heterocycles. The number of nitrogens with zero attached hydrogens (tertiary/aromatic N) is 3. The van der Waals surface area contributed by atoms with Crippen molar-refractivity contribution < 1.29 is 14.3 Å². The van der Waals surface area contributed by atoms with Gasteiger partial charge in [0.25, 0.3) is 0 Å². The van der Waals surface area contributed by atoms with Gasteiger partial charge >= 0.3 is 5.97 Å². The number of fused-ring (bicyclic) bond motifs is 1. The first kappa shape index (κ1) is 24.8. The number of thioether (sulfide) groups is 1. The van der Waals surface area contributed by atoms with Crippen LogP contribution in [0.4, 0.5) is 0 Å². The van der Waals surface area contributed by atoms with E-state index in [0.717, 1.165) is 36.1 Å². The highest BCUT2D eigenvalue weighted by Crippen LogP contribution is 2.46. The van der Waals surface area contributed by atoms with Gasteiger partial charge < -0.3 is 19.9 Å². The summed E-state index contributed by atoms with van der Waals surface area (Å²) in [6, 6.07) is 6.94. The Labute approximate surface area is 210 Å². The minimum absolute atomic E-state index is 0.0530. The number of carbonyl (C=O) groups excluding carboxylic acids is 2. The number of likely N-dealkylation sites (tertiary alicyclic amines) is 1. The fourth-order valence-corrected chi connectivity index (χ4v) is 5.69. The predicted molar refractivity (Wildman–Crippen MR) is 136 cm³/mol. The van der Waals surface area contributed by atoms with Crippen LogP contribution in [0.5, 0.6) is 0 Å².